The average molecular weight is 374 g/mol. The van der Waals surface area contributed by atoms with E-state index in [2.05, 4.69) is 5.32 Å². The first-order valence-electron chi connectivity index (χ1n) is 6.84. The number of hydrogen-bond donors (Lipinski definition) is 1. The zero-order valence-electron chi connectivity index (χ0n) is 13.5. The maximum absolute atomic E-state index is 12.8. The molecule has 0 radical (unpaired) electrons. The van der Waals surface area contributed by atoms with Crippen LogP contribution in [0.25, 0.3) is 0 Å². The molecular formula is C16H12F6N4. The van der Waals surface area contributed by atoms with Gasteiger partial charge in [0.2, 0.25) is 0 Å². The Hall–Kier alpha value is -3.14. The third-order valence-corrected chi connectivity index (χ3v) is 3.04. The van der Waals surface area contributed by atoms with Gasteiger partial charge in [0, 0.05) is 26.0 Å². The minimum Gasteiger partial charge on any atom is -0.376 e. The highest BCUT2D eigenvalue weighted by atomic mass is 19.4. The van der Waals surface area contributed by atoms with Crippen LogP contribution in [-0.4, -0.2) is 19.0 Å². The number of allylic oxidation sites excluding steroid dienone is 2. The molecule has 0 saturated carbocycles. The maximum atomic E-state index is 12.8. The zero-order valence-corrected chi connectivity index (χ0v) is 13.5. The van der Waals surface area contributed by atoms with Crippen LogP contribution in [0.1, 0.15) is 11.1 Å². The summed E-state index contributed by atoms with van der Waals surface area (Å²) in [7, 11) is 3.03. The van der Waals surface area contributed by atoms with Gasteiger partial charge < -0.3 is 10.2 Å². The molecule has 1 aromatic rings. The third-order valence-electron chi connectivity index (χ3n) is 3.04. The molecule has 0 fully saturated rings. The maximum Gasteiger partial charge on any atom is 0.416 e. The second-order valence-corrected chi connectivity index (χ2v) is 5.15. The van der Waals surface area contributed by atoms with Crippen molar-refractivity contribution >= 4 is 5.69 Å². The number of anilines is 1. The number of nitriles is 2. The second-order valence-electron chi connectivity index (χ2n) is 5.15. The summed E-state index contributed by atoms with van der Waals surface area (Å²) in [6, 6.07) is 4.34. The highest BCUT2D eigenvalue weighted by Crippen LogP contribution is 2.37. The molecule has 0 aromatic heterocycles. The lowest BCUT2D eigenvalue weighted by atomic mass is 10.1. The fraction of sp³-hybridized carbons (Fsp3) is 0.250. The van der Waals surface area contributed by atoms with Gasteiger partial charge in [-0.2, -0.15) is 36.9 Å². The van der Waals surface area contributed by atoms with E-state index in [0.29, 0.717) is 12.1 Å². The molecule has 0 spiro atoms. The predicted molar refractivity (Wildman–Crippen MR) is 81.1 cm³/mol. The van der Waals surface area contributed by atoms with E-state index in [9.17, 15) is 26.3 Å². The van der Waals surface area contributed by atoms with Crippen LogP contribution in [-0.2, 0) is 12.4 Å². The monoisotopic (exact) mass is 374 g/mol. The molecule has 1 aromatic carbocycles. The summed E-state index contributed by atoms with van der Waals surface area (Å²) in [4.78, 5) is 1.40. The van der Waals surface area contributed by atoms with E-state index < -0.39 is 29.2 Å². The van der Waals surface area contributed by atoms with E-state index in [1.54, 1.807) is 12.1 Å². The SMILES string of the molecule is CN(C)C(C=CNc1cc(C(F)(F)F)cc(C(F)(F)F)c1)=C(C#N)C#N. The van der Waals surface area contributed by atoms with Crippen LogP contribution in [0.3, 0.4) is 0 Å². The number of alkyl halides is 6. The van der Waals surface area contributed by atoms with Crippen LogP contribution in [0.2, 0.25) is 0 Å². The molecule has 0 aliphatic heterocycles. The van der Waals surface area contributed by atoms with Crippen LogP contribution < -0.4 is 5.32 Å². The van der Waals surface area contributed by atoms with Crippen molar-refractivity contribution in [3.63, 3.8) is 0 Å². The minimum atomic E-state index is -4.95. The van der Waals surface area contributed by atoms with Crippen LogP contribution >= 0.6 is 0 Å². The van der Waals surface area contributed by atoms with Gasteiger partial charge in [-0.25, -0.2) is 0 Å². The molecule has 1 rings (SSSR count). The number of halogens is 6. The van der Waals surface area contributed by atoms with Gasteiger partial charge in [-0.05, 0) is 24.3 Å². The Labute approximate surface area is 145 Å². The summed E-state index contributed by atoms with van der Waals surface area (Å²) in [5.41, 5.74) is -3.50. The van der Waals surface area contributed by atoms with Crippen molar-refractivity contribution in [1.29, 1.82) is 10.5 Å². The molecule has 0 atom stereocenters. The van der Waals surface area contributed by atoms with Crippen molar-refractivity contribution in [2.75, 3.05) is 19.4 Å². The molecule has 0 heterocycles. The summed E-state index contributed by atoms with van der Waals surface area (Å²) in [6.07, 6.45) is -7.68. The smallest absolute Gasteiger partial charge is 0.376 e. The standard InChI is InChI=1S/C16H12F6N4/c1-26(2)14(10(8-23)9-24)3-4-25-13-6-11(15(17,18)19)5-12(7-13)16(20,21)22/h3-7,25H,1-2H3. The quantitative estimate of drug-likeness (QED) is 0.478. The van der Waals surface area contributed by atoms with Crippen molar-refractivity contribution in [3.8, 4) is 12.1 Å². The molecule has 0 unspecified atom stereocenters. The summed E-state index contributed by atoms with van der Waals surface area (Å²) in [5, 5.41) is 20.0. The molecule has 0 amide bonds. The van der Waals surface area contributed by atoms with Crippen molar-refractivity contribution in [2.24, 2.45) is 0 Å². The average Bonchev–Trinajstić information content (AvgIpc) is 2.52. The zero-order chi connectivity index (χ0) is 20.1. The van der Waals surface area contributed by atoms with E-state index >= 15 is 0 Å². The van der Waals surface area contributed by atoms with Crippen LogP contribution in [0.15, 0.2) is 41.7 Å². The fourth-order valence-electron chi connectivity index (χ4n) is 1.85. The van der Waals surface area contributed by atoms with Gasteiger partial charge in [0.1, 0.15) is 12.1 Å². The van der Waals surface area contributed by atoms with Gasteiger partial charge in [-0.3, -0.25) is 0 Å². The number of likely N-dealkylation sites (N-methyl/N-ethyl adjacent to an activating group) is 1. The normalized spacial score (nSPS) is 11.6. The molecule has 10 heteroatoms. The first-order chi connectivity index (χ1) is 11.9. The second kappa shape index (κ2) is 7.83. The molecule has 1 N–H and O–H groups in total. The van der Waals surface area contributed by atoms with E-state index in [1.165, 1.54) is 25.1 Å². The highest BCUT2D eigenvalue weighted by Gasteiger charge is 2.36. The molecule has 0 saturated heterocycles. The van der Waals surface area contributed by atoms with E-state index in [1.807, 2.05) is 0 Å². The Morgan fingerprint density at radius 1 is 0.962 bits per heavy atom. The molecule has 0 bridgehead atoms. The Balaban J connectivity index is 3.27. The fourth-order valence-corrected chi connectivity index (χ4v) is 1.85. The van der Waals surface area contributed by atoms with Gasteiger partial charge in [0.25, 0.3) is 0 Å². The Morgan fingerprint density at radius 2 is 1.42 bits per heavy atom. The van der Waals surface area contributed by atoms with Crippen molar-refractivity contribution < 1.29 is 26.3 Å². The van der Waals surface area contributed by atoms with Gasteiger partial charge in [0.15, 0.2) is 5.57 Å². The van der Waals surface area contributed by atoms with Crippen LogP contribution in [0.4, 0.5) is 32.0 Å². The lowest BCUT2D eigenvalue weighted by Gasteiger charge is -2.15. The van der Waals surface area contributed by atoms with Gasteiger partial charge in [-0.1, -0.05) is 0 Å². The van der Waals surface area contributed by atoms with Crippen LogP contribution in [0.5, 0.6) is 0 Å². The summed E-state index contributed by atoms with van der Waals surface area (Å²) < 4.78 is 76.7. The number of benzene rings is 1. The minimum absolute atomic E-state index is 0.0174. The molecular weight excluding hydrogens is 362 g/mol. The van der Waals surface area contributed by atoms with Crippen molar-refractivity contribution in [1.82, 2.24) is 4.90 Å². The number of hydrogen-bond acceptors (Lipinski definition) is 4. The Morgan fingerprint density at radius 3 is 1.77 bits per heavy atom. The predicted octanol–water partition coefficient (Wildman–Crippen LogP) is 4.51. The van der Waals surface area contributed by atoms with Gasteiger partial charge in [-0.15, -0.1) is 0 Å². The van der Waals surface area contributed by atoms with Gasteiger partial charge in [0.05, 0.1) is 16.8 Å². The number of nitrogens with zero attached hydrogens (tertiary/aromatic N) is 3. The first-order valence-corrected chi connectivity index (χ1v) is 6.84. The Kier molecular flexibility index (Phi) is 6.29. The summed E-state index contributed by atoms with van der Waals surface area (Å²) >= 11 is 0. The number of rotatable bonds is 4. The largest absolute Gasteiger partial charge is 0.416 e. The molecule has 0 aliphatic rings. The van der Waals surface area contributed by atoms with Gasteiger partial charge >= 0.3 is 12.4 Å². The molecule has 0 aliphatic carbocycles. The van der Waals surface area contributed by atoms with E-state index in [4.69, 9.17) is 10.5 Å². The lowest BCUT2D eigenvalue weighted by molar-refractivity contribution is -0.143. The molecule has 138 valence electrons. The van der Waals surface area contributed by atoms with Crippen LogP contribution in [0, 0.1) is 22.7 Å². The number of nitrogens with one attached hydrogen (secondary N) is 1. The first kappa shape index (κ1) is 20.9. The van der Waals surface area contributed by atoms with E-state index in [-0.39, 0.29) is 17.3 Å². The third kappa shape index (κ3) is 5.45. The summed E-state index contributed by atoms with van der Waals surface area (Å²) in [6.45, 7) is 0. The Bertz CT molecular complexity index is 756. The van der Waals surface area contributed by atoms with E-state index in [0.717, 1.165) is 6.20 Å². The van der Waals surface area contributed by atoms with Crippen molar-refractivity contribution in [3.05, 3.63) is 52.9 Å². The highest BCUT2D eigenvalue weighted by molar-refractivity contribution is 5.53. The topological polar surface area (TPSA) is 62.9 Å². The summed E-state index contributed by atoms with van der Waals surface area (Å²) in [5.74, 6) is 0. The van der Waals surface area contributed by atoms with Crippen molar-refractivity contribution in [2.45, 2.75) is 12.4 Å². The lowest BCUT2D eigenvalue weighted by Crippen LogP contribution is -2.12. The molecule has 26 heavy (non-hydrogen) atoms. The molecule has 4 nitrogen and oxygen atoms in total.